The predicted molar refractivity (Wildman–Crippen MR) is 55.1 cm³/mol. The fourth-order valence-electron chi connectivity index (χ4n) is 1.40. The molecule has 14 heavy (non-hydrogen) atoms. The van der Waals surface area contributed by atoms with Gasteiger partial charge in [-0.2, -0.15) is 0 Å². The zero-order valence-electron chi connectivity index (χ0n) is 8.90. The summed E-state index contributed by atoms with van der Waals surface area (Å²) in [5.74, 6) is -0.279. The van der Waals surface area contributed by atoms with E-state index in [1.54, 1.807) is 0 Å². The molecule has 0 saturated carbocycles. The molecular formula is C10H18N2O2. The molecular weight excluding hydrogens is 180 g/mol. The SMILES string of the molecule is COC(=O)C=CCN1CCN(C)CC1. The van der Waals surface area contributed by atoms with E-state index in [0.717, 1.165) is 32.7 Å². The molecule has 4 heteroatoms. The Morgan fingerprint density at radius 2 is 2.00 bits per heavy atom. The van der Waals surface area contributed by atoms with Crippen molar-refractivity contribution in [1.82, 2.24) is 9.80 Å². The van der Waals surface area contributed by atoms with Crippen molar-refractivity contribution in [2.24, 2.45) is 0 Å². The molecule has 4 nitrogen and oxygen atoms in total. The Morgan fingerprint density at radius 3 is 2.57 bits per heavy atom. The van der Waals surface area contributed by atoms with E-state index in [4.69, 9.17) is 0 Å². The highest BCUT2D eigenvalue weighted by Crippen LogP contribution is 1.98. The molecule has 1 rings (SSSR count). The number of hydrogen-bond donors (Lipinski definition) is 0. The first kappa shape index (κ1) is 11.2. The van der Waals surface area contributed by atoms with Crippen molar-refractivity contribution in [1.29, 1.82) is 0 Å². The maximum atomic E-state index is 10.8. The molecule has 0 amide bonds. The van der Waals surface area contributed by atoms with Crippen LogP contribution in [0, 0.1) is 0 Å². The van der Waals surface area contributed by atoms with Gasteiger partial charge in [0.05, 0.1) is 7.11 Å². The molecule has 0 atom stereocenters. The van der Waals surface area contributed by atoms with Crippen LogP contribution in [0.3, 0.4) is 0 Å². The van der Waals surface area contributed by atoms with Gasteiger partial charge in [0.15, 0.2) is 0 Å². The van der Waals surface area contributed by atoms with Crippen molar-refractivity contribution in [2.75, 3.05) is 46.9 Å². The zero-order chi connectivity index (χ0) is 10.4. The van der Waals surface area contributed by atoms with Crippen LogP contribution in [0.25, 0.3) is 0 Å². The number of ether oxygens (including phenoxy) is 1. The molecule has 80 valence electrons. The molecule has 0 radical (unpaired) electrons. The topological polar surface area (TPSA) is 32.8 Å². The smallest absolute Gasteiger partial charge is 0.330 e. The summed E-state index contributed by atoms with van der Waals surface area (Å²) in [6, 6.07) is 0. The summed E-state index contributed by atoms with van der Waals surface area (Å²) < 4.78 is 4.50. The Kier molecular flexibility index (Phi) is 4.62. The van der Waals surface area contributed by atoms with E-state index in [0.29, 0.717) is 0 Å². The van der Waals surface area contributed by atoms with Crippen molar-refractivity contribution < 1.29 is 9.53 Å². The summed E-state index contributed by atoms with van der Waals surface area (Å²) >= 11 is 0. The maximum Gasteiger partial charge on any atom is 0.330 e. The number of likely N-dealkylation sites (N-methyl/N-ethyl adjacent to an activating group) is 1. The Hall–Kier alpha value is -0.870. The molecule has 1 heterocycles. The van der Waals surface area contributed by atoms with E-state index in [1.807, 2.05) is 6.08 Å². The highest BCUT2D eigenvalue weighted by molar-refractivity contribution is 5.81. The van der Waals surface area contributed by atoms with Gasteiger partial charge in [-0.05, 0) is 7.05 Å². The van der Waals surface area contributed by atoms with Crippen molar-refractivity contribution in [3.05, 3.63) is 12.2 Å². The fraction of sp³-hybridized carbons (Fsp3) is 0.700. The van der Waals surface area contributed by atoms with Crippen LogP contribution in [0.15, 0.2) is 12.2 Å². The largest absolute Gasteiger partial charge is 0.466 e. The molecule has 1 aliphatic rings. The van der Waals surface area contributed by atoms with E-state index >= 15 is 0 Å². The van der Waals surface area contributed by atoms with E-state index in [9.17, 15) is 4.79 Å². The van der Waals surface area contributed by atoms with Gasteiger partial charge in [0.2, 0.25) is 0 Å². The molecule has 0 aromatic heterocycles. The summed E-state index contributed by atoms with van der Waals surface area (Å²) in [7, 11) is 3.52. The zero-order valence-corrected chi connectivity index (χ0v) is 8.90. The number of rotatable bonds is 3. The van der Waals surface area contributed by atoms with Crippen LogP contribution in [0.1, 0.15) is 0 Å². The van der Waals surface area contributed by atoms with Crippen LogP contribution in [0.5, 0.6) is 0 Å². The lowest BCUT2D eigenvalue weighted by molar-refractivity contribution is -0.134. The van der Waals surface area contributed by atoms with Gasteiger partial charge in [-0.15, -0.1) is 0 Å². The second-order valence-electron chi connectivity index (χ2n) is 3.53. The fourth-order valence-corrected chi connectivity index (χ4v) is 1.40. The van der Waals surface area contributed by atoms with Crippen LogP contribution >= 0.6 is 0 Å². The van der Waals surface area contributed by atoms with Gasteiger partial charge in [-0.3, -0.25) is 4.90 Å². The van der Waals surface area contributed by atoms with Crippen LogP contribution in [0.4, 0.5) is 0 Å². The molecule has 0 bridgehead atoms. The molecule has 0 aromatic carbocycles. The molecule has 1 fully saturated rings. The van der Waals surface area contributed by atoms with Crippen molar-refractivity contribution in [3.63, 3.8) is 0 Å². The average molecular weight is 198 g/mol. The minimum Gasteiger partial charge on any atom is -0.466 e. The number of methoxy groups -OCH3 is 1. The first-order chi connectivity index (χ1) is 6.72. The van der Waals surface area contributed by atoms with Crippen molar-refractivity contribution in [2.45, 2.75) is 0 Å². The molecule has 0 N–H and O–H groups in total. The molecule has 0 aromatic rings. The molecule has 0 spiro atoms. The minimum absolute atomic E-state index is 0.279. The van der Waals surface area contributed by atoms with Gasteiger partial charge >= 0.3 is 5.97 Å². The number of hydrogen-bond acceptors (Lipinski definition) is 4. The third kappa shape index (κ3) is 3.89. The normalized spacial score (nSPS) is 20.1. The third-order valence-corrected chi connectivity index (χ3v) is 2.41. The predicted octanol–water partition coefficient (Wildman–Crippen LogP) is -0.0370. The number of carbonyl (C=O) groups excluding carboxylic acids is 1. The van der Waals surface area contributed by atoms with Gasteiger partial charge in [-0.25, -0.2) is 4.79 Å². The van der Waals surface area contributed by atoms with E-state index in [2.05, 4.69) is 21.6 Å². The molecule has 0 aliphatic carbocycles. The van der Waals surface area contributed by atoms with Gasteiger partial charge in [0.1, 0.15) is 0 Å². The standard InChI is InChI=1S/C10H18N2O2/c1-11-6-8-12(9-7-11)5-3-4-10(13)14-2/h3-4H,5-9H2,1-2H3. The van der Waals surface area contributed by atoms with Gasteiger partial charge in [-0.1, -0.05) is 6.08 Å². The Balaban J connectivity index is 2.19. The summed E-state index contributed by atoms with van der Waals surface area (Å²) in [4.78, 5) is 15.4. The van der Waals surface area contributed by atoms with Crippen molar-refractivity contribution >= 4 is 5.97 Å². The number of nitrogens with zero attached hydrogens (tertiary/aromatic N) is 2. The summed E-state index contributed by atoms with van der Waals surface area (Å²) in [5, 5.41) is 0. The molecule has 1 saturated heterocycles. The first-order valence-corrected chi connectivity index (χ1v) is 4.88. The van der Waals surface area contributed by atoms with E-state index in [1.165, 1.54) is 13.2 Å². The average Bonchev–Trinajstić information content (AvgIpc) is 2.21. The maximum absolute atomic E-state index is 10.8. The van der Waals surface area contributed by atoms with E-state index in [-0.39, 0.29) is 5.97 Å². The monoisotopic (exact) mass is 198 g/mol. The summed E-state index contributed by atoms with van der Waals surface area (Å²) in [6.45, 7) is 5.19. The second-order valence-corrected chi connectivity index (χ2v) is 3.53. The lowest BCUT2D eigenvalue weighted by Gasteiger charge is -2.31. The Morgan fingerprint density at radius 1 is 1.36 bits per heavy atom. The highest BCUT2D eigenvalue weighted by atomic mass is 16.5. The van der Waals surface area contributed by atoms with Crippen molar-refractivity contribution in [3.8, 4) is 0 Å². The quantitative estimate of drug-likeness (QED) is 0.471. The summed E-state index contributed by atoms with van der Waals surface area (Å²) in [6.07, 6.45) is 3.34. The Bertz CT molecular complexity index is 208. The van der Waals surface area contributed by atoms with Crippen LogP contribution in [-0.2, 0) is 9.53 Å². The van der Waals surface area contributed by atoms with Crippen LogP contribution < -0.4 is 0 Å². The van der Waals surface area contributed by atoms with Gasteiger partial charge in [0.25, 0.3) is 0 Å². The summed E-state index contributed by atoms with van der Waals surface area (Å²) in [5.41, 5.74) is 0. The minimum atomic E-state index is -0.279. The lowest BCUT2D eigenvalue weighted by Crippen LogP contribution is -2.44. The third-order valence-electron chi connectivity index (χ3n) is 2.41. The van der Waals surface area contributed by atoms with Gasteiger partial charge < -0.3 is 9.64 Å². The second kappa shape index (κ2) is 5.78. The number of esters is 1. The van der Waals surface area contributed by atoms with Crippen LogP contribution in [0.2, 0.25) is 0 Å². The van der Waals surface area contributed by atoms with Gasteiger partial charge in [0, 0.05) is 38.8 Å². The highest BCUT2D eigenvalue weighted by Gasteiger charge is 2.11. The lowest BCUT2D eigenvalue weighted by atomic mass is 10.3. The van der Waals surface area contributed by atoms with Crippen LogP contribution in [-0.4, -0.2) is 62.7 Å². The molecule has 0 unspecified atom stereocenters. The Labute approximate surface area is 85.1 Å². The first-order valence-electron chi connectivity index (χ1n) is 4.88. The number of piperazine rings is 1. The van der Waals surface area contributed by atoms with E-state index < -0.39 is 0 Å². The molecule has 1 aliphatic heterocycles. The number of carbonyl (C=O) groups is 1.